The Morgan fingerprint density at radius 1 is 1.19 bits per heavy atom. The lowest BCUT2D eigenvalue weighted by atomic mass is 9.83. The Balaban J connectivity index is 1.38. The predicted molar refractivity (Wildman–Crippen MR) is 103 cm³/mol. The second-order valence-electron chi connectivity index (χ2n) is 7.62. The van der Waals surface area contributed by atoms with Crippen molar-refractivity contribution in [1.82, 2.24) is 4.90 Å². The second kappa shape index (κ2) is 6.27. The minimum absolute atomic E-state index is 0.0840. The van der Waals surface area contributed by atoms with Crippen LogP contribution in [0, 0.1) is 0 Å². The van der Waals surface area contributed by atoms with E-state index in [0.717, 1.165) is 42.8 Å². The Hall–Kier alpha value is -2.53. The zero-order valence-corrected chi connectivity index (χ0v) is 15.6. The lowest BCUT2D eigenvalue weighted by Crippen LogP contribution is -2.45. The third kappa shape index (κ3) is 2.60. The Kier molecular flexibility index (Phi) is 3.86. The number of fused-ring (bicyclic) bond motifs is 3. The van der Waals surface area contributed by atoms with E-state index in [1.54, 1.807) is 7.11 Å². The largest absolute Gasteiger partial charge is 0.497 e. The minimum Gasteiger partial charge on any atom is -0.497 e. The predicted octanol–water partition coefficient (Wildman–Crippen LogP) is 3.32. The first-order valence-electron chi connectivity index (χ1n) is 9.67. The number of carbonyl (C=O) groups excluding carboxylic acids is 1. The number of ether oxygens (including phenoxy) is 2. The summed E-state index contributed by atoms with van der Waals surface area (Å²) in [4.78, 5) is 15.2. The van der Waals surface area contributed by atoms with Gasteiger partial charge in [-0.15, -0.1) is 0 Å². The molecule has 5 nitrogen and oxygen atoms in total. The van der Waals surface area contributed by atoms with Crippen molar-refractivity contribution in [2.45, 2.75) is 31.5 Å². The molecule has 0 radical (unpaired) electrons. The summed E-state index contributed by atoms with van der Waals surface area (Å²) in [6.07, 6.45) is 2.62. The van der Waals surface area contributed by atoms with E-state index in [1.807, 2.05) is 17.0 Å². The minimum atomic E-state index is -0.220. The zero-order chi connectivity index (χ0) is 18.4. The van der Waals surface area contributed by atoms with Gasteiger partial charge in [0.05, 0.1) is 30.6 Å². The van der Waals surface area contributed by atoms with Crippen LogP contribution in [0.4, 0.5) is 5.69 Å². The lowest BCUT2D eigenvalue weighted by Gasteiger charge is -2.39. The highest BCUT2D eigenvalue weighted by atomic mass is 16.5. The van der Waals surface area contributed by atoms with Crippen LogP contribution in [0.3, 0.4) is 0 Å². The summed E-state index contributed by atoms with van der Waals surface area (Å²) in [5.74, 6) is 0.836. The second-order valence-corrected chi connectivity index (χ2v) is 7.62. The molecule has 0 saturated carbocycles. The standard InChI is InChI=1S/C22H24N2O3/c1-26-17-12-15-6-9-23-20(15)18(13-17)21(25)24-10-7-22(8-11-24)19-5-3-2-4-16(19)14-27-22/h2-5,12-13,23H,6-11,14H2,1H3. The molecule has 1 fully saturated rings. The van der Waals surface area contributed by atoms with E-state index in [9.17, 15) is 4.79 Å². The Labute approximate surface area is 159 Å². The molecule has 0 atom stereocenters. The number of nitrogens with zero attached hydrogens (tertiary/aromatic N) is 1. The summed E-state index contributed by atoms with van der Waals surface area (Å²) < 4.78 is 11.6. The molecular weight excluding hydrogens is 340 g/mol. The topological polar surface area (TPSA) is 50.8 Å². The molecule has 2 aromatic rings. The van der Waals surface area contributed by atoms with E-state index in [1.165, 1.54) is 16.7 Å². The van der Waals surface area contributed by atoms with Gasteiger partial charge < -0.3 is 19.7 Å². The number of benzene rings is 2. The van der Waals surface area contributed by atoms with Crippen molar-refractivity contribution in [2.24, 2.45) is 0 Å². The van der Waals surface area contributed by atoms with Crippen LogP contribution in [0.1, 0.15) is 39.9 Å². The Bertz CT molecular complexity index is 900. The first-order chi connectivity index (χ1) is 13.2. The van der Waals surface area contributed by atoms with Gasteiger partial charge in [-0.05, 0) is 48.1 Å². The molecule has 0 aromatic heterocycles. The highest BCUT2D eigenvalue weighted by Gasteiger charge is 2.43. The number of methoxy groups -OCH3 is 1. The quantitative estimate of drug-likeness (QED) is 0.888. The number of amides is 1. The monoisotopic (exact) mass is 364 g/mol. The number of carbonyl (C=O) groups is 1. The molecule has 0 unspecified atom stereocenters. The molecule has 140 valence electrons. The van der Waals surface area contributed by atoms with Gasteiger partial charge in [0.25, 0.3) is 5.91 Å². The number of likely N-dealkylation sites (tertiary alicyclic amines) is 1. The molecule has 0 bridgehead atoms. The highest BCUT2D eigenvalue weighted by molar-refractivity contribution is 6.01. The molecule has 1 amide bonds. The molecular formula is C22H24N2O3. The van der Waals surface area contributed by atoms with Crippen LogP contribution in [0.15, 0.2) is 36.4 Å². The number of hydrogen-bond acceptors (Lipinski definition) is 4. The fraction of sp³-hybridized carbons (Fsp3) is 0.409. The van der Waals surface area contributed by atoms with Crippen molar-refractivity contribution in [3.05, 3.63) is 58.7 Å². The number of piperidine rings is 1. The molecule has 2 aromatic carbocycles. The molecule has 27 heavy (non-hydrogen) atoms. The van der Waals surface area contributed by atoms with E-state index >= 15 is 0 Å². The summed E-state index contributed by atoms with van der Waals surface area (Å²) in [7, 11) is 1.65. The van der Waals surface area contributed by atoms with Gasteiger partial charge in [-0.2, -0.15) is 0 Å². The SMILES string of the molecule is COc1cc2c(c(C(=O)N3CCC4(CC3)OCc3ccccc34)c1)NCC2. The average Bonchev–Trinajstić information content (AvgIpc) is 3.33. The van der Waals surface area contributed by atoms with Crippen LogP contribution in [0.5, 0.6) is 5.75 Å². The van der Waals surface area contributed by atoms with Gasteiger partial charge in [0.15, 0.2) is 0 Å². The van der Waals surface area contributed by atoms with Crippen LogP contribution in [0.25, 0.3) is 0 Å². The van der Waals surface area contributed by atoms with Crippen molar-refractivity contribution in [2.75, 3.05) is 32.1 Å². The molecule has 3 aliphatic heterocycles. The third-order valence-electron chi connectivity index (χ3n) is 6.23. The molecule has 0 aliphatic carbocycles. The fourth-order valence-electron chi connectivity index (χ4n) is 4.73. The van der Waals surface area contributed by atoms with Crippen LogP contribution in [-0.2, 0) is 23.4 Å². The normalized spacial score (nSPS) is 19.5. The average molecular weight is 364 g/mol. The van der Waals surface area contributed by atoms with E-state index in [0.29, 0.717) is 19.7 Å². The summed E-state index contributed by atoms with van der Waals surface area (Å²) in [5, 5.41) is 3.37. The molecule has 1 N–H and O–H groups in total. The molecule has 3 aliphatic rings. The number of anilines is 1. The summed E-state index contributed by atoms with van der Waals surface area (Å²) in [6, 6.07) is 12.4. The maximum atomic E-state index is 13.3. The van der Waals surface area contributed by atoms with Crippen LogP contribution in [-0.4, -0.2) is 37.6 Å². The first kappa shape index (κ1) is 16.6. The van der Waals surface area contributed by atoms with E-state index in [2.05, 4.69) is 29.6 Å². The van der Waals surface area contributed by atoms with Crippen LogP contribution >= 0.6 is 0 Å². The fourth-order valence-corrected chi connectivity index (χ4v) is 4.73. The summed E-state index contributed by atoms with van der Waals surface area (Å²) in [5.41, 5.74) is 5.24. The van der Waals surface area contributed by atoms with Crippen molar-refractivity contribution < 1.29 is 14.3 Å². The summed E-state index contributed by atoms with van der Waals surface area (Å²) in [6.45, 7) is 2.96. The van der Waals surface area contributed by atoms with Crippen molar-refractivity contribution >= 4 is 11.6 Å². The maximum absolute atomic E-state index is 13.3. The Morgan fingerprint density at radius 3 is 2.81 bits per heavy atom. The van der Waals surface area contributed by atoms with E-state index in [4.69, 9.17) is 9.47 Å². The Morgan fingerprint density at radius 2 is 2.00 bits per heavy atom. The smallest absolute Gasteiger partial charge is 0.256 e. The molecule has 1 spiro atoms. The van der Waals surface area contributed by atoms with E-state index < -0.39 is 0 Å². The molecule has 1 saturated heterocycles. The van der Waals surface area contributed by atoms with Crippen LogP contribution < -0.4 is 10.1 Å². The molecule has 5 rings (SSSR count). The van der Waals surface area contributed by atoms with E-state index in [-0.39, 0.29) is 11.5 Å². The highest BCUT2D eigenvalue weighted by Crippen LogP contribution is 2.44. The summed E-state index contributed by atoms with van der Waals surface area (Å²) >= 11 is 0. The molecule has 3 heterocycles. The van der Waals surface area contributed by atoms with Crippen molar-refractivity contribution in [1.29, 1.82) is 0 Å². The van der Waals surface area contributed by atoms with Gasteiger partial charge in [-0.3, -0.25) is 4.79 Å². The third-order valence-corrected chi connectivity index (χ3v) is 6.23. The van der Waals surface area contributed by atoms with Gasteiger partial charge in [0.2, 0.25) is 0 Å². The van der Waals surface area contributed by atoms with Gasteiger partial charge in [0, 0.05) is 19.6 Å². The lowest BCUT2D eigenvalue weighted by molar-refractivity contribution is -0.0741. The van der Waals surface area contributed by atoms with Crippen molar-refractivity contribution in [3.8, 4) is 5.75 Å². The number of nitrogens with one attached hydrogen (secondary N) is 1. The van der Waals surface area contributed by atoms with Gasteiger partial charge >= 0.3 is 0 Å². The zero-order valence-electron chi connectivity index (χ0n) is 15.6. The van der Waals surface area contributed by atoms with Gasteiger partial charge in [-0.25, -0.2) is 0 Å². The van der Waals surface area contributed by atoms with Gasteiger partial charge in [0.1, 0.15) is 5.75 Å². The van der Waals surface area contributed by atoms with Crippen molar-refractivity contribution in [3.63, 3.8) is 0 Å². The maximum Gasteiger partial charge on any atom is 0.256 e. The molecule has 5 heteroatoms. The van der Waals surface area contributed by atoms with Crippen LogP contribution in [0.2, 0.25) is 0 Å². The number of hydrogen-bond donors (Lipinski definition) is 1. The van der Waals surface area contributed by atoms with Gasteiger partial charge in [-0.1, -0.05) is 24.3 Å². The number of rotatable bonds is 2. The first-order valence-corrected chi connectivity index (χ1v) is 9.67.